The van der Waals surface area contributed by atoms with Crippen LogP contribution in [0, 0.1) is 23.2 Å². The van der Waals surface area contributed by atoms with Crippen LogP contribution in [0.4, 0.5) is 0 Å². The maximum atomic E-state index is 14.2. The summed E-state index contributed by atoms with van der Waals surface area (Å²) in [7, 11) is 0. The van der Waals surface area contributed by atoms with Crippen LogP contribution in [-0.4, -0.2) is 51.7 Å². The van der Waals surface area contributed by atoms with Crippen molar-refractivity contribution in [2.24, 2.45) is 23.2 Å². The van der Waals surface area contributed by atoms with Gasteiger partial charge in [-0.15, -0.1) is 0 Å². The van der Waals surface area contributed by atoms with Crippen LogP contribution in [0.2, 0.25) is 0 Å². The number of Topliss-reactive ketones (excluding diaryl/α,β-unsaturated/α-hetero) is 1. The normalized spacial score (nSPS) is 39.6. The SMILES string of the molecule is CC(=O)O[C@@H]1/C=C\[C@@](C)(O)C(=O)[C@@H](C)C/C=C/[C@H]2[C@H](O)C(C)=C(C)[C@H]3[C@H](Cc4ccccc4)NC(=O)[C@@]123. The Morgan fingerprint density at radius 3 is 2.46 bits per heavy atom. The molecule has 0 unspecified atom stereocenters. The maximum Gasteiger partial charge on any atom is 0.303 e. The summed E-state index contributed by atoms with van der Waals surface area (Å²) in [6.45, 7) is 8.20. The van der Waals surface area contributed by atoms with Gasteiger partial charge in [0.05, 0.1) is 6.10 Å². The molecule has 0 saturated carbocycles. The third kappa shape index (κ3) is 4.59. The third-order valence-corrected chi connectivity index (χ3v) is 8.49. The monoisotopic (exact) mass is 507 g/mol. The molecule has 1 spiro atoms. The van der Waals surface area contributed by atoms with Gasteiger partial charge in [0.1, 0.15) is 17.1 Å². The van der Waals surface area contributed by atoms with Crippen molar-refractivity contribution < 1.29 is 29.3 Å². The number of esters is 1. The zero-order valence-electron chi connectivity index (χ0n) is 22.1. The van der Waals surface area contributed by atoms with E-state index in [2.05, 4.69) is 5.32 Å². The van der Waals surface area contributed by atoms with Gasteiger partial charge in [-0.05, 0) is 56.9 Å². The van der Waals surface area contributed by atoms with Crippen molar-refractivity contribution in [3.05, 3.63) is 71.3 Å². The second-order valence-corrected chi connectivity index (χ2v) is 11.0. The van der Waals surface area contributed by atoms with E-state index >= 15 is 0 Å². The number of amides is 1. The van der Waals surface area contributed by atoms with Gasteiger partial charge in [0, 0.05) is 30.7 Å². The molecule has 1 heterocycles. The second kappa shape index (κ2) is 10.0. The van der Waals surface area contributed by atoms with Gasteiger partial charge in [-0.3, -0.25) is 14.4 Å². The van der Waals surface area contributed by atoms with Crippen LogP contribution in [0.15, 0.2) is 65.8 Å². The van der Waals surface area contributed by atoms with Gasteiger partial charge in [-0.1, -0.05) is 55.0 Å². The lowest BCUT2D eigenvalue weighted by Gasteiger charge is -2.49. The highest BCUT2D eigenvalue weighted by atomic mass is 16.5. The van der Waals surface area contributed by atoms with Crippen LogP contribution in [0.1, 0.15) is 46.6 Å². The standard InChI is InChI=1S/C30H37NO6/c1-17-10-9-13-22-26(33)19(3)18(2)25-23(16-21-11-7-6-8-12-21)31-28(35)30(22,25)24(37-20(4)32)14-15-29(5,36)27(17)34/h6-9,11-15,17,22-26,33,36H,10,16H2,1-5H3,(H,31,35)/b13-9+,15-14-/t17-,22-,23-,24+,25-,26+,29+,30+/m0/s1. The average Bonchev–Trinajstić information content (AvgIpc) is 3.13. The molecular formula is C30H37NO6. The number of nitrogens with one attached hydrogen (secondary N) is 1. The predicted molar refractivity (Wildman–Crippen MR) is 139 cm³/mol. The van der Waals surface area contributed by atoms with E-state index in [0.717, 1.165) is 16.7 Å². The molecule has 37 heavy (non-hydrogen) atoms. The van der Waals surface area contributed by atoms with Gasteiger partial charge in [-0.25, -0.2) is 0 Å². The fraction of sp³-hybridized carbons (Fsp3) is 0.500. The molecule has 1 aliphatic heterocycles. The van der Waals surface area contributed by atoms with Crippen LogP contribution in [0.5, 0.6) is 0 Å². The van der Waals surface area contributed by atoms with Crippen molar-refractivity contribution in [1.82, 2.24) is 5.32 Å². The Morgan fingerprint density at radius 1 is 1.14 bits per heavy atom. The quantitative estimate of drug-likeness (QED) is 0.428. The number of hydrogen-bond acceptors (Lipinski definition) is 6. The lowest BCUT2D eigenvalue weighted by Crippen LogP contribution is -2.58. The first-order valence-corrected chi connectivity index (χ1v) is 12.9. The molecule has 4 rings (SSSR count). The molecule has 1 aromatic rings. The lowest BCUT2D eigenvalue weighted by molar-refractivity contribution is -0.161. The summed E-state index contributed by atoms with van der Waals surface area (Å²) >= 11 is 0. The largest absolute Gasteiger partial charge is 0.457 e. The first-order chi connectivity index (χ1) is 17.4. The van der Waals surface area contributed by atoms with E-state index in [0.29, 0.717) is 12.8 Å². The topological polar surface area (TPSA) is 113 Å². The van der Waals surface area contributed by atoms with Gasteiger partial charge in [0.15, 0.2) is 5.78 Å². The Balaban J connectivity index is 1.96. The lowest BCUT2D eigenvalue weighted by atomic mass is 9.54. The van der Waals surface area contributed by atoms with Crippen molar-refractivity contribution in [1.29, 1.82) is 0 Å². The highest BCUT2D eigenvalue weighted by molar-refractivity contribution is 5.91. The first kappa shape index (κ1) is 27.0. The van der Waals surface area contributed by atoms with Crippen LogP contribution < -0.4 is 5.32 Å². The maximum absolute atomic E-state index is 14.2. The molecule has 2 aliphatic carbocycles. The van der Waals surface area contributed by atoms with Gasteiger partial charge in [0.25, 0.3) is 0 Å². The number of ether oxygens (including phenoxy) is 1. The zero-order chi connectivity index (χ0) is 27.1. The molecule has 3 N–H and O–H groups in total. The van der Waals surface area contributed by atoms with Crippen molar-refractivity contribution in [3.8, 4) is 0 Å². The smallest absolute Gasteiger partial charge is 0.303 e. The molecule has 198 valence electrons. The van der Waals surface area contributed by atoms with Gasteiger partial charge in [-0.2, -0.15) is 0 Å². The Morgan fingerprint density at radius 2 is 1.81 bits per heavy atom. The fourth-order valence-corrected chi connectivity index (χ4v) is 6.54. The highest BCUT2D eigenvalue weighted by Crippen LogP contribution is 2.57. The number of benzene rings is 1. The number of allylic oxidation sites excluding steroid dienone is 1. The van der Waals surface area contributed by atoms with Crippen molar-refractivity contribution in [2.45, 2.75) is 71.3 Å². The fourth-order valence-electron chi connectivity index (χ4n) is 6.54. The third-order valence-electron chi connectivity index (χ3n) is 8.49. The summed E-state index contributed by atoms with van der Waals surface area (Å²) in [6.07, 6.45) is 5.17. The summed E-state index contributed by atoms with van der Waals surface area (Å²) in [5.74, 6) is -2.92. The van der Waals surface area contributed by atoms with E-state index in [1.807, 2.05) is 44.2 Å². The van der Waals surface area contributed by atoms with Gasteiger partial charge < -0.3 is 20.3 Å². The molecule has 3 aliphatic rings. The number of carbonyl (C=O) groups excluding carboxylic acids is 3. The number of hydrogen-bond donors (Lipinski definition) is 3. The minimum Gasteiger partial charge on any atom is -0.457 e. The molecule has 7 heteroatoms. The molecule has 0 radical (unpaired) electrons. The molecular weight excluding hydrogens is 470 g/mol. The molecule has 1 aromatic carbocycles. The molecule has 0 aromatic heterocycles. The van der Waals surface area contributed by atoms with Gasteiger partial charge in [0.2, 0.25) is 5.91 Å². The van der Waals surface area contributed by atoms with E-state index in [1.54, 1.807) is 19.1 Å². The molecule has 8 atom stereocenters. The van der Waals surface area contributed by atoms with E-state index in [-0.39, 0.29) is 17.7 Å². The summed E-state index contributed by atoms with van der Waals surface area (Å²) in [6, 6.07) is 9.52. The molecule has 0 bridgehead atoms. The summed E-state index contributed by atoms with van der Waals surface area (Å²) in [5, 5.41) is 25.7. The highest BCUT2D eigenvalue weighted by Gasteiger charge is 2.67. The predicted octanol–water partition coefficient (Wildman–Crippen LogP) is 3.06. The van der Waals surface area contributed by atoms with Crippen molar-refractivity contribution in [2.75, 3.05) is 0 Å². The zero-order valence-corrected chi connectivity index (χ0v) is 22.1. The Bertz CT molecular complexity index is 1170. The summed E-state index contributed by atoms with van der Waals surface area (Å²) in [5.41, 5.74) is -0.500. The Labute approximate surface area is 218 Å². The number of carbonyl (C=O) groups is 3. The molecule has 1 fully saturated rings. The number of ketones is 1. The van der Waals surface area contributed by atoms with Crippen LogP contribution in [0.3, 0.4) is 0 Å². The Hall–Kier alpha value is -3.03. The molecule has 1 saturated heterocycles. The minimum absolute atomic E-state index is 0.314. The number of aliphatic hydroxyl groups excluding tert-OH is 1. The number of rotatable bonds is 3. The van der Waals surface area contributed by atoms with E-state index in [9.17, 15) is 24.6 Å². The summed E-state index contributed by atoms with van der Waals surface area (Å²) < 4.78 is 5.82. The minimum atomic E-state index is -1.82. The molecule has 7 nitrogen and oxygen atoms in total. The number of aliphatic hydroxyl groups is 2. The van der Waals surface area contributed by atoms with Crippen LogP contribution in [0.25, 0.3) is 0 Å². The summed E-state index contributed by atoms with van der Waals surface area (Å²) in [4.78, 5) is 39.5. The van der Waals surface area contributed by atoms with Gasteiger partial charge >= 0.3 is 5.97 Å². The van der Waals surface area contributed by atoms with Crippen LogP contribution in [-0.2, 0) is 25.5 Å². The Kier molecular flexibility index (Phi) is 7.32. The van der Waals surface area contributed by atoms with E-state index in [4.69, 9.17) is 4.74 Å². The van der Waals surface area contributed by atoms with E-state index in [1.165, 1.54) is 26.0 Å². The van der Waals surface area contributed by atoms with Crippen LogP contribution >= 0.6 is 0 Å². The average molecular weight is 508 g/mol. The molecule has 1 amide bonds. The second-order valence-electron chi connectivity index (χ2n) is 11.0. The van der Waals surface area contributed by atoms with Crippen molar-refractivity contribution in [3.63, 3.8) is 0 Å². The van der Waals surface area contributed by atoms with Crippen molar-refractivity contribution >= 4 is 17.7 Å². The first-order valence-electron chi connectivity index (χ1n) is 12.9. The van der Waals surface area contributed by atoms with E-state index < -0.39 is 46.9 Å².